The molecule has 0 radical (unpaired) electrons. The van der Waals surface area contributed by atoms with Gasteiger partial charge in [-0.25, -0.2) is 0 Å². The Morgan fingerprint density at radius 2 is 2.50 bits per heavy atom. The van der Waals surface area contributed by atoms with Crippen LogP contribution in [0.4, 0.5) is 0 Å². The van der Waals surface area contributed by atoms with E-state index in [1.165, 1.54) is 0 Å². The van der Waals surface area contributed by atoms with E-state index >= 15 is 0 Å². The van der Waals surface area contributed by atoms with E-state index in [0.717, 1.165) is 31.5 Å². The number of hydrogen-bond donors (Lipinski definition) is 2. The van der Waals surface area contributed by atoms with Gasteiger partial charge in [0.15, 0.2) is 0 Å². The molecule has 5 heteroatoms. The third-order valence-electron chi connectivity index (χ3n) is 3.40. The van der Waals surface area contributed by atoms with E-state index in [1.807, 2.05) is 24.0 Å². The smallest absolute Gasteiger partial charge is 0.223 e. The topological polar surface area (TPSA) is 59.0 Å². The summed E-state index contributed by atoms with van der Waals surface area (Å²) in [4.78, 5) is 12.0. The van der Waals surface area contributed by atoms with Gasteiger partial charge < -0.3 is 10.6 Å². The van der Waals surface area contributed by atoms with E-state index in [0.29, 0.717) is 12.6 Å². The minimum absolute atomic E-state index is 0.167. The van der Waals surface area contributed by atoms with Crippen molar-refractivity contribution in [2.45, 2.75) is 39.3 Å². The molecule has 2 atom stereocenters. The molecule has 0 unspecified atom stereocenters. The minimum Gasteiger partial charge on any atom is -0.354 e. The number of nitrogens with one attached hydrogen (secondary N) is 2. The summed E-state index contributed by atoms with van der Waals surface area (Å²) >= 11 is 0. The molecule has 18 heavy (non-hydrogen) atoms. The highest BCUT2D eigenvalue weighted by Crippen LogP contribution is 2.15. The normalized spacial score (nSPS) is 23.9. The summed E-state index contributed by atoms with van der Waals surface area (Å²) in [7, 11) is 0. The number of carbonyl (C=O) groups excluding carboxylic acids is 1. The van der Waals surface area contributed by atoms with Crippen LogP contribution in [0.25, 0.3) is 0 Å². The average molecular weight is 250 g/mol. The zero-order valence-corrected chi connectivity index (χ0v) is 11.1. The maximum atomic E-state index is 12.0. The minimum atomic E-state index is 0.167. The van der Waals surface area contributed by atoms with Gasteiger partial charge >= 0.3 is 0 Å². The van der Waals surface area contributed by atoms with Gasteiger partial charge in [-0.2, -0.15) is 5.10 Å². The van der Waals surface area contributed by atoms with Crippen molar-refractivity contribution in [3.05, 3.63) is 18.0 Å². The molecule has 1 aromatic rings. The van der Waals surface area contributed by atoms with Crippen molar-refractivity contribution in [1.29, 1.82) is 0 Å². The van der Waals surface area contributed by atoms with Crippen LogP contribution in [0.1, 0.15) is 25.3 Å². The highest BCUT2D eigenvalue weighted by Gasteiger charge is 2.24. The van der Waals surface area contributed by atoms with Crippen molar-refractivity contribution in [3.63, 3.8) is 0 Å². The van der Waals surface area contributed by atoms with Crippen molar-refractivity contribution in [1.82, 2.24) is 20.4 Å². The van der Waals surface area contributed by atoms with Crippen LogP contribution < -0.4 is 10.6 Å². The predicted octanol–water partition coefficient (Wildman–Crippen LogP) is 0.696. The lowest BCUT2D eigenvalue weighted by molar-refractivity contribution is -0.126. The fraction of sp³-hybridized carbons (Fsp3) is 0.692. The molecule has 1 aliphatic rings. The summed E-state index contributed by atoms with van der Waals surface area (Å²) in [5.74, 6) is 0.354. The van der Waals surface area contributed by atoms with E-state index < -0.39 is 0 Å². The summed E-state index contributed by atoms with van der Waals surface area (Å²) in [6, 6.07) is 0.447. The lowest BCUT2D eigenvalue weighted by Gasteiger charge is -2.27. The van der Waals surface area contributed by atoms with E-state index in [9.17, 15) is 4.79 Å². The summed E-state index contributed by atoms with van der Waals surface area (Å²) in [6.07, 6.45) is 5.69. The molecule has 1 aliphatic heterocycles. The monoisotopic (exact) mass is 250 g/mol. The Balaban J connectivity index is 1.71. The lowest BCUT2D eigenvalue weighted by Crippen LogP contribution is -2.43. The molecular formula is C13H22N4O. The Morgan fingerprint density at radius 1 is 1.67 bits per heavy atom. The van der Waals surface area contributed by atoms with Crippen LogP contribution in [0.5, 0.6) is 0 Å². The number of carbonyl (C=O) groups is 1. The molecule has 0 aromatic carbocycles. The van der Waals surface area contributed by atoms with Gasteiger partial charge in [0.2, 0.25) is 5.91 Å². The van der Waals surface area contributed by atoms with Crippen molar-refractivity contribution in [3.8, 4) is 0 Å². The second-order valence-electron chi connectivity index (χ2n) is 5.15. The molecule has 100 valence electrons. The first-order chi connectivity index (χ1) is 8.65. The lowest BCUT2D eigenvalue weighted by atomic mass is 9.92. The Labute approximate surface area is 108 Å². The van der Waals surface area contributed by atoms with E-state index in [-0.39, 0.29) is 11.8 Å². The summed E-state index contributed by atoms with van der Waals surface area (Å²) in [5.41, 5.74) is 1.15. The molecule has 2 N–H and O–H groups in total. The molecule has 1 saturated heterocycles. The van der Waals surface area contributed by atoms with Gasteiger partial charge in [-0.3, -0.25) is 9.48 Å². The third-order valence-corrected chi connectivity index (χ3v) is 3.40. The van der Waals surface area contributed by atoms with Gasteiger partial charge in [-0.1, -0.05) is 0 Å². The van der Waals surface area contributed by atoms with Crippen molar-refractivity contribution in [2.75, 3.05) is 13.1 Å². The molecule has 0 aliphatic carbocycles. The largest absolute Gasteiger partial charge is 0.354 e. The summed E-state index contributed by atoms with van der Waals surface area (Å²) in [6.45, 7) is 6.47. The van der Waals surface area contributed by atoms with E-state index in [1.54, 1.807) is 0 Å². The van der Waals surface area contributed by atoms with Gasteiger partial charge in [0.05, 0.1) is 12.7 Å². The first kappa shape index (κ1) is 13.1. The number of piperidine rings is 1. The van der Waals surface area contributed by atoms with Gasteiger partial charge in [0, 0.05) is 24.7 Å². The Kier molecular flexibility index (Phi) is 4.36. The Morgan fingerprint density at radius 3 is 3.17 bits per heavy atom. The SMILES string of the molecule is Cc1cnn(CCNC(=O)[C@H]2CCN[C@@H](C)C2)c1. The molecule has 1 amide bonds. The van der Waals surface area contributed by atoms with Gasteiger partial charge in [0.25, 0.3) is 0 Å². The number of nitrogens with zero attached hydrogens (tertiary/aromatic N) is 2. The Bertz CT molecular complexity index is 401. The second-order valence-corrected chi connectivity index (χ2v) is 5.15. The summed E-state index contributed by atoms with van der Waals surface area (Å²) < 4.78 is 1.86. The van der Waals surface area contributed by atoms with Gasteiger partial charge in [0.1, 0.15) is 0 Å². The molecule has 0 spiro atoms. The Hall–Kier alpha value is -1.36. The van der Waals surface area contributed by atoms with E-state index in [4.69, 9.17) is 0 Å². The van der Waals surface area contributed by atoms with Crippen LogP contribution in [0.15, 0.2) is 12.4 Å². The molecule has 2 rings (SSSR count). The van der Waals surface area contributed by atoms with Crippen molar-refractivity contribution < 1.29 is 4.79 Å². The van der Waals surface area contributed by atoms with Crippen LogP contribution in [0.2, 0.25) is 0 Å². The first-order valence-corrected chi connectivity index (χ1v) is 6.65. The van der Waals surface area contributed by atoms with Gasteiger partial charge in [-0.15, -0.1) is 0 Å². The third kappa shape index (κ3) is 3.57. The predicted molar refractivity (Wildman–Crippen MR) is 70.2 cm³/mol. The number of rotatable bonds is 4. The first-order valence-electron chi connectivity index (χ1n) is 6.65. The highest BCUT2D eigenvalue weighted by atomic mass is 16.1. The highest BCUT2D eigenvalue weighted by molar-refractivity contribution is 5.78. The van der Waals surface area contributed by atoms with Crippen molar-refractivity contribution in [2.24, 2.45) is 5.92 Å². The molecule has 1 fully saturated rings. The standard InChI is InChI=1S/C13H22N4O/c1-10-8-16-17(9-10)6-5-15-13(18)12-3-4-14-11(2)7-12/h8-9,11-12,14H,3-7H2,1-2H3,(H,15,18)/t11-,12-/m0/s1. The molecule has 0 bridgehead atoms. The number of amides is 1. The van der Waals surface area contributed by atoms with E-state index in [2.05, 4.69) is 22.7 Å². The fourth-order valence-electron chi connectivity index (χ4n) is 2.40. The molecule has 5 nitrogen and oxygen atoms in total. The maximum Gasteiger partial charge on any atom is 0.223 e. The fourth-order valence-corrected chi connectivity index (χ4v) is 2.40. The quantitative estimate of drug-likeness (QED) is 0.827. The van der Waals surface area contributed by atoms with Crippen LogP contribution in [-0.2, 0) is 11.3 Å². The van der Waals surface area contributed by atoms with Crippen LogP contribution in [-0.4, -0.2) is 34.8 Å². The maximum absolute atomic E-state index is 12.0. The van der Waals surface area contributed by atoms with Crippen LogP contribution >= 0.6 is 0 Å². The number of aryl methyl sites for hydroxylation is 1. The molecular weight excluding hydrogens is 228 g/mol. The van der Waals surface area contributed by atoms with Crippen LogP contribution in [0, 0.1) is 12.8 Å². The number of aromatic nitrogens is 2. The zero-order chi connectivity index (χ0) is 13.0. The average Bonchev–Trinajstić information content (AvgIpc) is 2.75. The number of hydrogen-bond acceptors (Lipinski definition) is 3. The van der Waals surface area contributed by atoms with Crippen LogP contribution in [0.3, 0.4) is 0 Å². The second kappa shape index (κ2) is 6.00. The van der Waals surface area contributed by atoms with Gasteiger partial charge in [-0.05, 0) is 38.8 Å². The molecule has 2 heterocycles. The zero-order valence-electron chi connectivity index (χ0n) is 11.1. The molecule has 0 saturated carbocycles. The van der Waals surface area contributed by atoms with Crippen molar-refractivity contribution >= 4 is 5.91 Å². The molecule has 1 aromatic heterocycles. The summed E-state index contributed by atoms with van der Waals surface area (Å²) in [5, 5.41) is 10.6.